The molecule has 4 heteroatoms. The molecule has 18 heavy (non-hydrogen) atoms. The molecular weight excluding hydrogens is 226 g/mol. The van der Waals surface area contributed by atoms with E-state index >= 15 is 0 Å². The second-order valence-electron chi connectivity index (χ2n) is 5.96. The summed E-state index contributed by atoms with van der Waals surface area (Å²) in [6.07, 6.45) is 8.91. The summed E-state index contributed by atoms with van der Waals surface area (Å²) in [5.41, 5.74) is 0. The lowest BCUT2D eigenvalue weighted by molar-refractivity contribution is 0.0901. The van der Waals surface area contributed by atoms with Crippen LogP contribution >= 0.6 is 0 Å². The molecule has 4 unspecified atom stereocenters. The average Bonchev–Trinajstić information content (AvgIpc) is 3.03. The van der Waals surface area contributed by atoms with Gasteiger partial charge in [0.15, 0.2) is 5.82 Å². The first kappa shape index (κ1) is 11.8. The summed E-state index contributed by atoms with van der Waals surface area (Å²) in [4.78, 5) is 16.2. The summed E-state index contributed by atoms with van der Waals surface area (Å²) in [6.45, 7) is 2.15. The molecule has 4 nitrogen and oxygen atoms in total. The van der Waals surface area contributed by atoms with Gasteiger partial charge in [0.2, 0.25) is 0 Å². The number of carbonyl (C=O) groups excluding carboxylic acids is 1. The Morgan fingerprint density at radius 3 is 2.89 bits per heavy atom. The molecule has 1 aromatic rings. The van der Waals surface area contributed by atoms with Gasteiger partial charge in [0.1, 0.15) is 0 Å². The molecule has 1 amide bonds. The highest BCUT2D eigenvalue weighted by Gasteiger charge is 2.42. The molecule has 1 N–H and O–H groups in total. The summed E-state index contributed by atoms with van der Waals surface area (Å²) in [5, 5.41) is 3.13. The fourth-order valence-electron chi connectivity index (χ4n) is 3.87. The smallest absolute Gasteiger partial charge is 0.287 e. The van der Waals surface area contributed by atoms with E-state index in [0.717, 1.165) is 11.8 Å². The highest BCUT2D eigenvalue weighted by Crippen LogP contribution is 2.49. The van der Waals surface area contributed by atoms with E-state index in [1.165, 1.54) is 25.7 Å². The molecule has 2 bridgehead atoms. The molecule has 2 aliphatic carbocycles. The SMILES string of the molecule is CC(NC(=O)c1nccn1C)C1CC2CCC1C2. The van der Waals surface area contributed by atoms with Crippen molar-refractivity contribution in [3.8, 4) is 0 Å². The van der Waals surface area contributed by atoms with Gasteiger partial charge in [-0.15, -0.1) is 0 Å². The number of amides is 1. The van der Waals surface area contributed by atoms with Crippen molar-refractivity contribution >= 4 is 5.91 Å². The first-order chi connectivity index (χ1) is 8.65. The van der Waals surface area contributed by atoms with Gasteiger partial charge < -0.3 is 9.88 Å². The molecule has 4 atom stereocenters. The number of nitrogens with one attached hydrogen (secondary N) is 1. The Kier molecular flexibility index (Phi) is 2.88. The Morgan fingerprint density at radius 2 is 2.33 bits per heavy atom. The van der Waals surface area contributed by atoms with Crippen molar-refractivity contribution in [1.29, 1.82) is 0 Å². The predicted molar refractivity (Wildman–Crippen MR) is 69.1 cm³/mol. The summed E-state index contributed by atoms with van der Waals surface area (Å²) in [7, 11) is 1.85. The molecule has 3 rings (SSSR count). The number of hydrogen-bond acceptors (Lipinski definition) is 2. The normalized spacial score (nSPS) is 31.6. The number of rotatable bonds is 3. The highest BCUT2D eigenvalue weighted by atomic mass is 16.2. The van der Waals surface area contributed by atoms with E-state index in [1.54, 1.807) is 17.0 Å². The number of imidazole rings is 1. The minimum absolute atomic E-state index is 0.0437. The second kappa shape index (κ2) is 4.41. The Balaban J connectivity index is 1.63. The standard InChI is InChI=1S/C14H21N3O/c1-9(12-8-10-3-4-11(12)7-10)16-14(18)13-15-5-6-17(13)2/h5-6,9-12H,3-4,7-8H2,1-2H3,(H,16,18). The number of nitrogens with zero attached hydrogens (tertiary/aromatic N) is 2. The predicted octanol–water partition coefficient (Wildman–Crippen LogP) is 1.97. The lowest BCUT2D eigenvalue weighted by Gasteiger charge is -2.28. The zero-order valence-electron chi connectivity index (χ0n) is 11.1. The highest BCUT2D eigenvalue weighted by molar-refractivity contribution is 5.90. The molecule has 1 heterocycles. The Bertz CT molecular complexity index is 454. The van der Waals surface area contributed by atoms with Crippen LogP contribution in [0.3, 0.4) is 0 Å². The number of aromatic nitrogens is 2. The monoisotopic (exact) mass is 247 g/mol. The number of aryl methyl sites for hydroxylation is 1. The van der Waals surface area contributed by atoms with E-state index in [1.807, 2.05) is 7.05 Å². The van der Waals surface area contributed by atoms with Crippen LogP contribution in [0, 0.1) is 17.8 Å². The van der Waals surface area contributed by atoms with E-state index in [9.17, 15) is 4.79 Å². The Labute approximate surface area is 108 Å². The van der Waals surface area contributed by atoms with Crippen molar-refractivity contribution in [2.75, 3.05) is 0 Å². The maximum atomic E-state index is 12.1. The Morgan fingerprint density at radius 1 is 1.50 bits per heavy atom. The number of carbonyl (C=O) groups is 1. The maximum Gasteiger partial charge on any atom is 0.287 e. The lowest BCUT2D eigenvalue weighted by atomic mass is 9.84. The molecule has 0 saturated heterocycles. The van der Waals surface area contributed by atoms with Crippen molar-refractivity contribution in [2.24, 2.45) is 24.8 Å². The van der Waals surface area contributed by atoms with Gasteiger partial charge in [0.05, 0.1) is 0 Å². The topological polar surface area (TPSA) is 46.9 Å². The zero-order valence-corrected chi connectivity index (χ0v) is 11.1. The number of fused-ring (bicyclic) bond motifs is 2. The molecule has 0 aromatic carbocycles. The van der Waals surface area contributed by atoms with E-state index in [4.69, 9.17) is 0 Å². The van der Waals surface area contributed by atoms with E-state index in [2.05, 4.69) is 17.2 Å². The first-order valence-electron chi connectivity index (χ1n) is 6.93. The third-order valence-electron chi connectivity index (χ3n) is 4.82. The third kappa shape index (κ3) is 1.93. The largest absolute Gasteiger partial charge is 0.347 e. The van der Waals surface area contributed by atoms with Gasteiger partial charge in [-0.2, -0.15) is 0 Å². The van der Waals surface area contributed by atoms with Crippen molar-refractivity contribution in [2.45, 2.75) is 38.6 Å². The van der Waals surface area contributed by atoms with Gasteiger partial charge in [-0.25, -0.2) is 4.98 Å². The third-order valence-corrected chi connectivity index (χ3v) is 4.82. The van der Waals surface area contributed by atoms with Crippen LogP contribution < -0.4 is 5.32 Å². The van der Waals surface area contributed by atoms with Gasteiger partial charge in [0, 0.05) is 25.5 Å². The second-order valence-corrected chi connectivity index (χ2v) is 5.96. The fraction of sp³-hybridized carbons (Fsp3) is 0.714. The van der Waals surface area contributed by atoms with E-state index in [0.29, 0.717) is 11.7 Å². The molecule has 98 valence electrons. The summed E-state index contributed by atoms with van der Waals surface area (Å²) in [6, 6.07) is 0.268. The lowest BCUT2D eigenvalue weighted by Crippen LogP contribution is -2.41. The van der Waals surface area contributed by atoms with E-state index < -0.39 is 0 Å². The van der Waals surface area contributed by atoms with Gasteiger partial charge >= 0.3 is 0 Å². The molecule has 1 aromatic heterocycles. The maximum absolute atomic E-state index is 12.1. The van der Waals surface area contributed by atoms with Crippen molar-refractivity contribution in [3.05, 3.63) is 18.2 Å². The van der Waals surface area contributed by atoms with Crippen LogP contribution in [0.15, 0.2) is 12.4 Å². The minimum Gasteiger partial charge on any atom is -0.347 e. The molecule has 0 radical (unpaired) electrons. The van der Waals surface area contributed by atoms with Crippen LogP contribution in [0.1, 0.15) is 43.2 Å². The minimum atomic E-state index is -0.0437. The molecular formula is C14H21N3O. The van der Waals surface area contributed by atoms with Crippen LogP contribution in [0.25, 0.3) is 0 Å². The summed E-state index contributed by atoms with van der Waals surface area (Å²) >= 11 is 0. The van der Waals surface area contributed by atoms with E-state index in [-0.39, 0.29) is 11.9 Å². The van der Waals surface area contributed by atoms with Crippen molar-refractivity contribution in [3.63, 3.8) is 0 Å². The Hall–Kier alpha value is -1.32. The quantitative estimate of drug-likeness (QED) is 0.887. The van der Waals surface area contributed by atoms with Crippen molar-refractivity contribution in [1.82, 2.24) is 14.9 Å². The molecule has 0 aliphatic heterocycles. The number of hydrogen-bond donors (Lipinski definition) is 1. The van der Waals surface area contributed by atoms with Crippen LogP contribution in [0.5, 0.6) is 0 Å². The molecule has 0 spiro atoms. The first-order valence-corrected chi connectivity index (χ1v) is 6.93. The zero-order chi connectivity index (χ0) is 12.7. The van der Waals surface area contributed by atoms with Gasteiger partial charge in [-0.3, -0.25) is 4.79 Å². The average molecular weight is 247 g/mol. The van der Waals surface area contributed by atoms with Crippen LogP contribution in [-0.2, 0) is 7.05 Å². The van der Waals surface area contributed by atoms with Gasteiger partial charge in [0.25, 0.3) is 5.91 Å². The van der Waals surface area contributed by atoms with Crippen molar-refractivity contribution < 1.29 is 4.79 Å². The molecule has 2 aliphatic rings. The van der Waals surface area contributed by atoms with Crippen LogP contribution in [0.4, 0.5) is 0 Å². The summed E-state index contributed by atoms with van der Waals surface area (Å²) < 4.78 is 1.77. The van der Waals surface area contributed by atoms with Gasteiger partial charge in [-0.1, -0.05) is 6.42 Å². The molecule has 2 saturated carbocycles. The molecule has 2 fully saturated rings. The van der Waals surface area contributed by atoms with Gasteiger partial charge in [-0.05, 0) is 43.9 Å². The van der Waals surface area contributed by atoms with Crippen LogP contribution in [-0.4, -0.2) is 21.5 Å². The fourth-order valence-corrected chi connectivity index (χ4v) is 3.87. The summed E-state index contributed by atoms with van der Waals surface area (Å²) in [5.74, 6) is 2.90. The van der Waals surface area contributed by atoms with Crippen LogP contribution in [0.2, 0.25) is 0 Å².